The van der Waals surface area contributed by atoms with E-state index < -0.39 is 0 Å². The quantitative estimate of drug-likeness (QED) is 0.888. The van der Waals surface area contributed by atoms with Gasteiger partial charge in [-0.3, -0.25) is 4.57 Å². The van der Waals surface area contributed by atoms with Crippen LogP contribution in [-0.4, -0.2) is 19.9 Å². The topological polar surface area (TPSA) is 70.9 Å². The fourth-order valence-electron chi connectivity index (χ4n) is 1.69. The number of aliphatic hydroxyl groups excluding tert-OH is 1. The molecule has 0 atom stereocenters. The largest absolute Gasteiger partial charge is 0.392 e. The number of aliphatic hydroxyl groups is 1. The van der Waals surface area contributed by atoms with E-state index in [4.69, 9.17) is 11.6 Å². The molecule has 0 amide bonds. The van der Waals surface area contributed by atoms with E-state index in [0.717, 1.165) is 11.3 Å². The fourth-order valence-corrected chi connectivity index (χ4v) is 3.00. The molecule has 0 unspecified atom stereocenters. The van der Waals surface area contributed by atoms with Crippen molar-refractivity contribution in [2.75, 3.05) is 0 Å². The number of benzene rings is 1. The molecule has 0 radical (unpaired) electrons. The number of H-pyrrole nitrogens is 1. The van der Waals surface area contributed by atoms with Crippen LogP contribution in [0.2, 0.25) is 5.02 Å². The smallest absolute Gasteiger partial charge is 0.343 e. The molecule has 2 aromatic rings. The van der Waals surface area contributed by atoms with E-state index in [0.29, 0.717) is 22.3 Å². The van der Waals surface area contributed by atoms with Crippen LogP contribution in [0.15, 0.2) is 33.0 Å². The predicted octanol–water partition coefficient (Wildman–Crippen LogP) is 2.28. The highest BCUT2D eigenvalue weighted by molar-refractivity contribution is 7.99. The van der Waals surface area contributed by atoms with Crippen molar-refractivity contribution in [2.24, 2.45) is 0 Å². The Bertz CT molecular complexity index is 624. The Labute approximate surface area is 119 Å². The minimum atomic E-state index is -0.225. The molecule has 1 aromatic carbocycles. The third kappa shape index (κ3) is 3.02. The molecule has 0 fully saturated rings. The number of hydrogen-bond donors (Lipinski definition) is 2. The number of nitrogens with zero attached hydrogens (tertiary/aromatic N) is 2. The van der Waals surface area contributed by atoms with Crippen molar-refractivity contribution in [1.82, 2.24) is 14.8 Å². The second-order valence-corrected chi connectivity index (χ2v) is 5.36. The van der Waals surface area contributed by atoms with Crippen LogP contribution in [0, 0.1) is 0 Å². The molecule has 0 aliphatic heterocycles. The SMILES string of the molecule is CCCn1c(Sc2cccc(Cl)c2CO)n[nH]c1=O. The van der Waals surface area contributed by atoms with Crippen LogP contribution in [-0.2, 0) is 13.2 Å². The lowest BCUT2D eigenvalue weighted by Crippen LogP contribution is -2.17. The number of aromatic nitrogens is 3. The van der Waals surface area contributed by atoms with Gasteiger partial charge in [-0.1, -0.05) is 24.6 Å². The van der Waals surface area contributed by atoms with Gasteiger partial charge < -0.3 is 5.11 Å². The predicted molar refractivity (Wildman–Crippen MR) is 74.6 cm³/mol. The average molecular weight is 300 g/mol. The lowest BCUT2D eigenvalue weighted by molar-refractivity contribution is 0.279. The summed E-state index contributed by atoms with van der Waals surface area (Å²) >= 11 is 7.35. The van der Waals surface area contributed by atoms with E-state index in [-0.39, 0.29) is 12.3 Å². The zero-order chi connectivity index (χ0) is 13.8. The number of aromatic amines is 1. The third-order valence-electron chi connectivity index (χ3n) is 2.61. The molecule has 1 aromatic heterocycles. The zero-order valence-corrected chi connectivity index (χ0v) is 12.0. The third-order valence-corrected chi connectivity index (χ3v) is 4.06. The van der Waals surface area contributed by atoms with Crippen molar-refractivity contribution in [2.45, 2.75) is 36.5 Å². The summed E-state index contributed by atoms with van der Waals surface area (Å²) in [6.45, 7) is 2.45. The van der Waals surface area contributed by atoms with Crippen molar-refractivity contribution in [3.63, 3.8) is 0 Å². The Balaban J connectivity index is 2.36. The van der Waals surface area contributed by atoms with Crippen LogP contribution in [0.4, 0.5) is 0 Å². The molecule has 1 heterocycles. The van der Waals surface area contributed by atoms with Crippen molar-refractivity contribution >= 4 is 23.4 Å². The lowest BCUT2D eigenvalue weighted by atomic mass is 10.2. The standard InChI is InChI=1S/C12H14ClN3O2S/c1-2-6-16-11(18)14-15-12(16)19-10-5-3-4-9(13)8(10)7-17/h3-5,17H,2,6-7H2,1H3,(H,14,18). The normalized spacial score (nSPS) is 10.9. The molecule has 0 spiro atoms. The van der Waals surface area contributed by atoms with Crippen molar-refractivity contribution in [1.29, 1.82) is 0 Å². The van der Waals surface area contributed by atoms with Crippen LogP contribution in [0.5, 0.6) is 0 Å². The van der Waals surface area contributed by atoms with E-state index in [9.17, 15) is 9.90 Å². The van der Waals surface area contributed by atoms with Gasteiger partial charge in [-0.2, -0.15) is 0 Å². The Morgan fingerprint density at radius 2 is 2.32 bits per heavy atom. The molecular formula is C12H14ClN3O2S. The summed E-state index contributed by atoms with van der Waals surface area (Å²) in [6.07, 6.45) is 0.843. The highest BCUT2D eigenvalue weighted by Gasteiger charge is 2.13. The van der Waals surface area contributed by atoms with Gasteiger partial charge in [0, 0.05) is 22.0 Å². The number of nitrogens with one attached hydrogen (secondary N) is 1. The maximum Gasteiger partial charge on any atom is 0.343 e. The molecule has 19 heavy (non-hydrogen) atoms. The van der Waals surface area contributed by atoms with Crippen LogP contribution in [0.25, 0.3) is 0 Å². The molecule has 5 nitrogen and oxygen atoms in total. The van der Waals surface area contributed by atoms with Gasteiger partial charge in [-0.05, 0) is 30.3 Å². The summed E-state index contributed by atoms with van der Waals surface area (Å²) in [5, 5.41) is 16.9. The molecule has 0 saturated carbocycles. The first kappa shape index (κ1) is 14.2. The molecule has 0 bridgehead atoms. The molecule has 0 aliphatic rings. The van der Waals surface area contributed by atoms with Crippen LogP contribution < -0.4 is 5.69 Å². The van der Waals surface area contributed by atoms with Crippen molar-refractivity contribution in [3.05, 3.63) is 39.3 Å². The van der Waals surface area contributed by atoms with Gasteiger partial charge in [0.1, 0.15) is 0 Å². The van der Waals surface area contributed by atoms with Gasteiger partial charge in [0.05, 0.1) is 6.61 Å². The lowest BCUT2D eigenvalue weighted by Gasteiger charge is -2.08. The second-order valence-electron chi connectivity index (χ2n) is 3.94. The number of hydrogen-bond acceptors (Lipinski definition) is 4. The van der Waals surface area contributed by atoms with Crippen LogP contribution >= 0.6 is 23.4 Å². The molecule has 0 saturated heterocycles. The highest BCUT2D eigenvalue weighted by Crippen LogP contribution is 2.32. The van der Waals surface area contributed by atoms with Crippen molar-refractivity contribution in [3.8, 4) is 0 Å². The molecule has 102 valence electrons. The first-order chi connectivity index (χ1) is 9.17. The second kappa shape index (κ2) is 6.27. The summed E-state index contributed by atoms with van der Waals surface area (Å²) in [5.41, 5.74) is 0.421. The first-order valence-corrected chi connectivity index (χ1v) is 7.08. The molecule has 0 aliphatic carbocycles. The van der Waals surface area contributed by atoms with E-state index >= 15 is 0 Å². The average Bonchev–Trinajstić information content (AvgIpc) is 2.72. The van der Waals surface area contributed by atoms with E-state index in [1.807, 2.05) is 13.0 Å². The summed E-state index contributed by atoms with van der Waals surface area (Å²) in [4.78, 5) is 12.4. The van der Waals surface area contributed by atoms with E-state index in [2.05, 4.69) is 10.2 Å². The van der Waals surface area contributed by atoms with Gasteiger partial charge in [-0.25, -0.2) is 9.89 Å². The van der Waals surface area contributed by atoms with Crippen LogP contribution in [0.1, 0.15) is 18.9 Å². The van der Waals surface area contributed by atoms with Gasteiger partial charge in [0.15, 0.2) is 5.16 Å². The van der Waals surface area contributed by atoms with Crippen molar-refractivity contribution < 1.29 is 5.11 Å². The summed E-state index contributed by atoms with van der Waals surface area (Å²) < 4.78 is 1.58. The van der Waals surface area contributed by atoms with Gasteiger partial charge in [0.25, 0.3) is 0 Å². The van der Waals surface area contributed by atoms with Gasteiger partial charge in [-0.15, -0.1) is 5.10 Å². The fraction of sp³-hybridized carbons (Fsp3) is 0.333. The maximum absolute atomic E-state index is 11.6. The Hall–Kier alpha value is -1.24. The Morgan fingerprint density at radius 1 is 1.53 bits per heavy atom. The highest BCUT2D eigenvalue weighted by atomic mass is 35.5. The molecule has 2 N–H and O–H groups in total. The Kier molecular flexibility index (Phi) is 4.68. The molecule has 7 heteroatoms. The van der Waals surface area contributed by atoms with Gasteiger partial charge >= 0.3 is 5.69 Å². The number of halogens is 1. The minimum Gasteiger partial charge on any atom is -0.392 e. The van der Waals surface area contributed by atoms with E-state index in [1.54, 1.807) is 16.7 Å². The van der Waals surface area contributed by atoms with E-state index in [1.165, 1.54) is 11.8 Å². The maximum atomic E-state index is 11.6. The monoisotopic (exact) mass is 299 g/mol. The summed E-state index contributed by atoms with van der Waals surface area (Å²) in [5.74, 6) is 0. The first-order valence-electron chi connectivity index (χ1n) is 5.88. The van der Waals surface area contributed by atoms with Gasteiger partial charge in [0.2, 0.25) is 0 Å². The summed E-state index contributed by atoms with van der Waals surface area (Å²) in [6, 6.07) is 5.37. The Morgan fingerprint density at radius 3 is 3.00 bits per heavy atom. The van der Waals surface area contributed by atoms with Crippen LogP contribution in [0.3, 0.4) is 0 Å². The number of rotatable bonds is 5. The minimum absolute atomic E-state index is 0.148. The molecular weight excluding hydrogens is 286 g/mol. The molecule has 2 rings (SSSR count). The summed E-state index contributed by atoms with van der Waals surface area (Å²) in [7, 11) is 0. The zero-order valence-electron chi connectivity index (χ0n) is 10.4.